The second-order valence-electron chi connectivity index (χ2n) is 11.2. The van der Waals surface area contributed by atoms with Crippen LogP contribution in [-0.2, 0) is 4.74 Å². The molecular weight excluding hydrogens is 507 g/mol. The summed E-state index contributed by atoms with van der Waals surface area (Å²) in [6, 6.07) is 4.85. The monoisotopic (exact) mass is 543 g/mol. The van der Waals surface area contributed by atoms with E-state index in [1.54, 1.807) is 24.1 Å². The molecule has 2 fully saturated rings. The maximum absolute atomic E-state index is 15.1. The number of alkyl halides is 1. The van der Waals surface area contributed by atoms with Crippen LogP contribution in [0.25, 0.3) is 16.8 Å². The molecule has 2 aliphatic rings. The Balaban J connectivity index is 1.41. The minimum Gasteiger partial charge on any atom is -0.378 e. The Morgan fingerprint density at radius 2 is 1.92 bits per heavy atom. The number of carbonyl (C=O) groups excluding carboxylic acids is 1. The van der Waals surface area contributed by atoms with Gasteiger partial charge in [-0.15, -0.1) is 0 Å². The second kappa shape index (κ2) is 10.1. The van der Waals surface area contributed by atoms with Gasteiger partial charge in [-0.2, -0.15) is 0 Å². The number of pyridine rings is 1. The van der Waals surface area contributed by atoms with Crippen molar-refractivity contribution in [2.45, 2.75) is 39.5 Å². The Morgan fingerprint density at radius 3 is 2.63 bits per heavy atom. The Hall–Kier alpha value is -2.77. The van der Waals surface area contributed by atoms with Crippen LogP contribution in [0.3, 0.4) is 0 Å². The fraction of sp³-hybridized carbons (Fsp3) is 0.500. The minimum absolute atomic E-state index is 0.000286. The number of urea groups is 1. The van der Waals surface area contributed by atoms with E-state index in [4.69, 9.17) is 4.74 Å². The van der Waals surface area contributed by atoms with Crippen molar-refractivity contribution in [3.05, 3.63) is 48.2 Å². The van der Waals surface area contributed by atoms with Crippen LogP contribution in [0.4, 0.5) is 25.0 Å². The molecule has 2 amide bonds. The number of fused-ring (bicyclic) bond motifs is 1. The van der Waals surface area contributed by atoms with E-state index in [1.807, 2.05) is 37.6 Å². The lowest BCUT2D eigenvalue weighted by molar-refractivity contribution is 0.0638. The van der Waals surface area contributed by atoms with Crippen molar-refractivity contribution < 1.29 is 18.3 Å². The van der Waals surface area contributed by atoms with Crippen LogP contribution in [0, 0.1) is 24.1 Å². The summed E-state index contributed by atoms with van der Waals surface area (Å²) in [5.41, 5.74) is 3.82. The first kappa shape index (κ1) is 26.8. The zero-order valence-corrected chi connectivity index (χ0v) is 23.6. The molecule has 3 atom stereocenters. The van der Waals surface area contributed by atoms with Crippen LogP contribution in [-0.4, -0.2) is 65.1 Å². The van der Waals surface area contributed by atoms with E-state index >= 15 is 4.39 Å². The molecule has 10 heteroatoms. The lowest BCUT2D eigenvalue weighted by atomic mass is 9.74. The molecule has 2 aromatic heterocycles. The van der Waals surface area contributed by atoms with Crippen molar-refractivity contribution >= 4 is 32.3 Å². The summed E-state index contributed by atoms with van der Waals surface area (Å²) in [4.78, 5) is 21.6. The van der Waals surface area contributed by atoms with Gasteiger partial charge in [-0.3, -0.25) is 0 Å². The fourth-order valence-electron chi connectivity index (χ4n) is 5.41. The van der Waals surface area contributed by atoms with E-state index in [1.165, 1.54) is 6.07 Å². The number of halogens is 2. The van der Waals surface area contributed by atoms with Gasteiger partial charge in [-0.25, -0.2) is 18.6 Å². The molecule has 4 heterocycles. The lowest BCUT2D eigenvalue weighted by Crippen LogP contribution is -2.41. The van der Waals surface area contributed by atoms with Crippen molar-refractivity contribution in [2.24, 2.45) is 11.3 Å². The van der Waals surface area contributed by atoms with E-state index in [9.17, 15) is 9.18 Å². The molecule has 0 bridgehead atoms. The molecule has 38 heavy (non-hydrogen) atoms. The minimum atomic E-state index is -1.46. The van der Waals surface area contributed by atoms with E-state index in [2.05, 4.69) is 30.5 Å². The Bertz CT molecular complexity index is 1350. The molecule has 0 aliphatic carbocycles. The topological polar surface area (TPSA) is 62.1 Å². The molecule has 7 nitrogen and oxygen atoms in total. The van der Waals surface area contributed by atoms with Gasteiger partial charge in [0.05, 0.1) is 24.6 Å². The largest absolute Gasteiger partial charge is 0.378 e. The summed E-state index contributed by atoms with van der Waals surface area (Å²) < 4.78 is 37.4. The smallest absolute Gasteiger partial charge is 0.321 e. The molecule has 5 rings (SSSR count). The molecule has 3 unspecified atom stereocenters. The number of hydrogen-bond donors (Lipinski definition) is 1. The SMILES string of the molecule is Cc1cc(F)c(NC(=O)N2CCC(C(C)(C)C(C)(F)P)C2)cc1-c1cc(N2CCOCC2)c2nccn2c1. The average molecular weight is 544 g/mol. The average Bonchev–Trinajstić information content (AvgIpc) is 3.55. The molecule has 0 saturated carbocycles. The number of ether oxygens (including phenoxy) is 1. The number of imidazole rings is 1. The van der Waals surface area contributed by atoms with Gasteiger partial charge in [0.1, 0.15) is 11.2 Å². The van der Waals surface area contributed by atoms with Crippen molar-refractivity contribution in [1.29, 1.82) is 0 Å². The number of hydrogen-bond acceptors (Lipinski definition) is 4. The molecule has 1 aromatic carbocycles. The van der Waals surface area contributed by atoms with Gasteiger partial charge in [0.25, 0.3) is 0 Å². The van der Waals surface area contributed by atoms with Crippen molar-refractivity contribution in [1.82, 2.24) is 14.3 Å². The number of nitrogens with zero attached hydrogens (tertiary/aromatic N) is 4. The summed E-state index contributed by atoms with van der Waals surface area (Å²) in [5, 5.41) is 1.32. The van der Waals surface area contributed by atoms with Crippen LogP contribution in [0.5, 0.6) is 0 Å². The molecule has 0 radical (unpaired) electrons. The summed E-state index contributed by atoms with van der Waals surface area (Å²) in [6.45, 7) is 11.0. The van der Waals surface area contributed by atoms with E-state index in [-0.39, 0.29) is 17.6 Å². The number of anilines is 2. The van der Waals surface area contributed by atoms with E-state index < -0.39 is 16.6 Å². The molecule has 3 aromatic rings. The van der Waals surface area contributed by atoms with E-state index in [0.717, 1.165) is 41.1 Å². The highest BCUT2D eigenvalue weighted by Gasteiger charge is 2.46. The Kier molecular flexibility index (Phi) is 7.12. The molecule has 1 N–H and O–H groups in total. The number of carbonyl (C=O) groups is 1. The number of rotatable bonds is 5. The zero-order valence-electron chi connectivity index (χ0n) is 22.4. The lowest BCUT2D eigenvalue weighted by Gasteiger charge is -2.40. The summed E-state index contributed by atoms with van der Waals surface area (Å²) >= 11 is 0. The maximum atomic E-state index is 15.1. The first-order valence-electron chi connectivity index (χ1n) is 13.1. The van der Waals surface area contributed by atoms with Gasteiger partial charge in [0.2, 0.25) is 0 Å². The van der Waals surface area contributed by atoms with Crippen LogP contribution in [0.1, 0.15) is 32.8 Å². The molecule has 2 saturated heterocycles. The summed E-state index contributed by atoms with van der Waals surface area (Å²) in [5.74, 6) is -0.492. The number of amides is 2. The first-order valence-corrected chi connectivity index (χ1v) is 13.7. The van der Waals surface area contributed by atoms with E-state index in [0.29, 0.717) is 32.7 Å². The molecule has 204 valence electrons. The van der Waals surface area contributed by atoms with Gasteiger partial charge in [-0.05, 0) is 55.5 Å². The summed E-state index contributed by atoms with van der Waals surface area (Å²) in [6.07, 6.45) is 6.33. The van der Waals surface area contributed by atoms with Gasteiger partial charge in [-0.1, -0.05) is 23.1 Å². The predicted octanol–water partition coefficient (Wildman–Crippen LogP) is 5.73. The number of morpholine rings is 1. The maximum Gasteiger partial charge on any atom is 0.321 e. The molecular formula is C28H36F2N5O2P. The summed E-state index contributed by atoms with van der Waals surface area (Å²) in [7, 11) is 2.29. The predicted molar refractivity (Wildman–Crippen MR) is 150 cm³/mol. The second-order valence-corrected chi connectivity index (χ2v) is 12.3. The van der Waals surface area contributed by atoms with Crippen molar-refractivity contribution in [2.75, 3.05) is 49.6 Å². The van der Waals surface area contributed by atoms with Crippen molar-refractivity contribution in [3.8, 4) is 11.1 Å². The standard InChI is InChI=1S/C28H36F2N5O2P/c1-18-13-22(29)23(32-26(36)35-7-5-20(17-35)27(2,3)28(4,30)38)15-21(18)19-14-24(33-9-11-37-12-10-33)25-31-6-8-34(25)16-19/h6,8,13-16,20H,5,7,9-12,17,38H2,1-4H3,(H,32,36). The van der Waals surface area contributed by atoms with Crippen LogP contribution in [0.2, 0.25) is 0 Å². The normalized spacial score (nSPS) is 20.1. The highest BCUT2D eigenvalue weighted by molar-refractivity contribution is 7.18. The third-order valence-corrected chi connectivity index (χ3v) is 9.19. The third-order valence-electron chi connectivity index (χ3n) is 8.44. The Labute approximate surface area is 224 Å². The first-order chi connectivity index (χ1) is 18.0. The van der Waals surface area contributed by atoms with Crippen LogP contribution < -0.4 is 10.2 Å². The van der Waals surface area contributed by atoms with Gasteiger partial charge in [0, 0.05) is 55.7 Å². The molecule has 0 spiro atoms. The van der Waals surface area contributed by atoms with Crippen LogP contribution in [0.15, 0.2) is 36.8 Å². The highest BCUT2D eigenvalue weighted by Crippen LogP contribution is 2.48. The number of aryl methyl sites for hydroxylation is 1. The fourth-order valence-corrected chi connectivity index (χ4v) is 5.64. The number of nitrogens with one attached hydrogen (secondary N) is 1. The zero-order chi connectivity index (χ0) is 27.2. The van der Waals surface area contributed by atoms with Gasteiger partial charge in [0.15, 0.2) is 5.65 Å². The highest BCUT2D eigenvalue weighted by atomic mass is 31.0. The number of likely N-dealkylation sites (tertiary alicyclic amines) is 1. The number of benzene rings is 1. The third kappa shape index (κ3) is 4.98. The van der Waals surface area contributed by atoms with Gasteiger partial charge < -0.3 is 24.3 Å². The van der Waals surface area contributed by atoms with Gasteiger partial charge >= 0.3 is 6.03 Å². The quantitative estimate of drug-likeness (QED) is 0.418. The Morgan fingerprint density at radius 1 is 1.18 bits per heavy atom. The number of aromatic nitrogens is 2. The molecule has 2 aliphatic heterocycles. The van der Waals surface area contributed by atoms with Crippen LogP contribution >= 0.6 is 9.24 Å². The van der Waals surface area contributed by atoms with Crippen molar-refractivity contribution in [3.63, 3.8) is 0 Å².